The summed E-state index contributed by atoms with van der Waals surface area (Å²) in [6.07, 6.45) is 4.94. The molecule has 1 saturated carbocycles. The first kappa shape index (κ1) is 17.5. The monoisotopic (exact) mass is 298 g/mol. The molecular formula is C15H26N2O4. The fourth-order valence-electron chi connectivity index (χ4n) is 2.52. The Morgan fingerprint density at radius 1 is 1.33 bits per heavy atom. The zero-order chi connectivity index (χ0) is 15.7. The Hall–Kier alpha value is -1.56. The van der Waals surface area contributed by atoms with Crippen molar-refractivity contribution in [2.45, 2.75) is 45.1 Å². The molecule has 0 aliphatic heterocycles. The van der Waals surface area contributed by atoms with Crippen molar-refractivity contribution in [3.8, 4) is 0 Å². The summed E-state index contributed by atoms with van der Waals surface area (Å²) in [7, 11) is 0. The molecule has 0 radical (unpaired) electrons. The molecule has 1 atom stereocenters. The molecule has 3 N–H and O–H groups in total. The van der Waals surface area contributed by atoms with Crippen LogP contribution in [0.1, 0.15) is 39.0 Å². The summed E-state index contributed by atoms with van der Waals surface area (Å²) >= 11 is 0. The highest BCUT2D eigenvalue weighted by Crippen LogP contribution is 2.26. The lowest BCUT2D eigenvalue weighted by atomic mass is 9.84. The molecule has 0 spiro atoms. The fourth-order valence-corrected chi connectivity index (χ4v) is 2.52. The smallest absolute Gasteiger partial charge is 0.326 e. The minimum absolute atomic E-state index is 0.0293. The average molecular weight is 298 g/mol. The van der Waals surface area contributed by atoms with Crippen LogP contribution in [0.4, 0.5) is 4.79 Å². The Kier molecular flexibility index (Phi) is 7.82. The predicted octanol–water partition coefficient (Wildman–Crippen LogP) is 1.91. The molecule has 0 bridgehead atoms. The van der Waals surface area contributed by atoms with Gasteiger partial charge in [-0.1, -0.05) is 31.4 Å². The number of aliphatic carboxylic acids is 1. The Balaban J connectivity index is 2.28. The zero-order valence-corrected chi connectivity index (χ0v) is 12.7. The van der Waals surface area contributed by atoms with E-state index in [1.165, 1.54) is 0 Å². The van der Waals surface area contributed by atoms with Crippen LogP contribution >= 0.6 is 0 Å². The van der Waals surface area contributed by atoms with Gasteiger partial charge in [0.25, 0.3) is 0 Å². The fraction of sp³-hybridized carbons (Fsp3) is 0.733. The number of ether oxygens (including phenoxy) is 1. The second-order valence-electron chi connectivity index (χ2n) is 5.62. The van der Waals surface area contributed by atoms with Gasteiger partial charge in [0.1, 0.15) is 6.04 Å². The van der Waals surface area contributed by atoms with Gasteiger partial charge in [-0.05, 0) is 25.7 Å². The van der Waals surface area contributed by atoms with Crippen LogP contribution in [0, 0.1) is 5.92 Å². The Bertz CT molecular complexity index is 365. The first-order valence-corrected chi connectivity index (χ1v) is 7.50. The highest BCUT2D eigenvalue weighted by atomic mass is 16.5. The van der Waals surface area contributed by atoms with E-state index in [9.17, 15) is 14.7 Å². The molecular weight excluding hydrogens is 272 g/mol. The first-order valence-electron chi connectivity index (χ1n) is 7.50. The van der Waals surface area contributed by atoms with Crippen molar-refractivity contribution >= 4 is 12.0 Å². The van der Waals surface area contributed by atoms with E-state index in [-0.39, 0.29) is 5.92 Å². The van der Waals surface area contributed by atoms with E-state index in [1.54, 1.807) is 0 Å². The highest BCUT2D eigenvalue weighted by molar-refractivity contribution is 5.82. The number of carbonyl (C=O) groups excluding carboxylic acids is 1. The van der Waals surface area contributed by atoms with E-state index >= 15 is 0 Å². The molecule has 6 heteroatoms. The molecule has 0 aromatic rings. The maximum atomic E-state index is 11.7. The third-order valence-corrected chi connectivity index (χ3v) is 3.55. The molecule has 120 valence electrons. The van der Waals surface area contributed by atoms with E-state index in [0.717, 1.165) is 37.7 Å². The van der Waals surface area contributed by atoms with Crippen molar-refractivity contribution in [2.24, 2.45) is 5.92 Å². The average Bonchev–Trinajstić information content (AvgIpc) is 2.44. The van der Waals surface area contributed by atoms with Gasteiger partial charge in [0, 0.05) is 6.54 Å². The predicted molar refractivity (Wildman–Crippen MR) is 80.2 cm³/mol. The summed E-state index contributed by atoms with van der Waals surface area (Å²) in [5, 5.41) is 14.4. The number of carboxylic acids is 1. The van der Waals surface area contributed by atoms with Crippen molar-refractivity contribution in [3.63, 3.8) is 0 Å². The number of carboxylic acid groups (broad SMARTS) is 1. The molecule has 0 saturated heterocycles. The van der Waals surface area contributed by atoms with Gasteiger partial charge in [0.15, 0.2) is 0 Å². The molecule has 0 heterocycles. The Morgan fingerprint density at radius 2 is 2.00 bits per heavy atom. The number of nitrogens with one attached hydrogen (secondary N) is 2. The lowest BCUT2D eigenvalue weighted by Crippen LogP contribution is -2.50. The van der Waals surface area contributed by atoms with Crippen LogP contribution < -0.4 is 10.6 Å². The third kappa shape index (κ3) is 7.13. The second-order valence-corrected chi connectivity index (χ2v) is 5.62. The summed E-state index contributed by atoms with van der Waals surface area (Å²) in [4.78, 5) is 23.0. The van der Waals surface area contributed by atoms with Crippen LogP contribution in [0.3, 0.4) is 0 Å². The van der Waals surface area contributed by atoms with Crippen LogP contribution in [0.15, 0.2) is 12.2 Å². The Labute approximate surface area is 125 Å². The molecule has 1 aliphatic carbocycles. The normalized spacial score (nSPS) is 17.0. The maximum absolute atomic E-state index is 11.7. The van der Waals surface area contributed by atoms with Gasteiger partial charge >= 0.3 is 12.0 Å². The maximum Gasteiger partial charge on any atom is 0.326 e. The molecule has 21 heavy (non-hydrogen) atoms. The zero-order valence-electron chi connectivity index (χ0n) is 12.7. The number of amides is 2. The van der Waals surface area contributed by atoms with E-state index in [4.69, 9.17) is 4.74 Å². The van der Waals surface area contributed by atoms with Crippen molar-refractivity contribution in [1.29, 1.82) is 0 Å². The van der Waals surface area contributed by atoms with Gasteiger partial charge in [-0.3, -0.25) is 0 Å². The van der Waals surface area contributed by atoms with Gasteiger partial charge in [-0.15, -0.1) is 0 Å². The van der Waals surface area contributed by atoms with E-state index in [1.807, 2.05) is 6.92 Å². The van der Waals surface area contributed by atoms with Gasteiger partial charge in [-0.25, -0.2) is 9.59 Å². The van der Waals surface area contributed by atoms with Gasteiger partial charge < -0.3 is 20.5 Å². The lowest BCUT2D eigenvalue weighted by Gasteiger charge is -2.28. The summed E-state index contributed by atoms with van der Waals surface area (Å²) in [5.41, 5.74) is 0.919. The van der Waals surface area contributed by atoms with Crippen LogP contribution in [0.5, 0.6) is 0 Å². The van der Waals surface area contributed by atoms with E-state index < -0.39 is 18.0 Å². The minimum Gasteiger partial charge on any atom is -0.480 e. The largest absolute Gasteiger partial charge is 0.480 e. The lowest BCUT2D eigenvalue weighted by molar-refractivity contribution is -0.141. The molecule has 0 aromatic heterocycles. The van der Waals surface area contributed by atoms with Crippen molar-refractivity contribution in [1.82, 2.24) is 10.6 Å². The SMILES string of the molecule is C=C(C)COCCNC(=O)NC(C(=O)O)C1CCCCC1. The van der Waals surface area contributed by atoms with Crippen LogP contribution in [-0.2, 0) is 9.53 Å². The van der Waals surface area contributed by atoms with Crippen LogP contribution in [-0.4, -0.2) is 42.9 Å². The van der Waals surface area contributed by atoms with Crippen LogP contribution in [0.25, 0.3) is 0 Å². The first-order chi connectivity index (χ1) is 10.0. The number of rotatable bonds is 8. The molecule has 1 fully saturated rings. The standard InChI is InChI=1S/C15H26N2O4/c1-11(2)10-21-9-8-16-15(20)17-13(14(18)19)12-6-4-3-5-7-12/h12-13H,1,3-10H2,2H3,(H,18,19)(H2,16,17,20). The van der Waals surface area contributed by atoms with E-state index in [0.29, 0.717) is 19.8 Å². The van der Waals surface area contributed by atoms with Crippen molar-refractivity contribution < 1.29 is 19.4 Å². The minimum atomic E-state index is -0.962. The molecule has 1 unspecified atom stereocenters. The summed E-state index contributed by atoms with van der Waals surface area (Å²) in [6.45, 7) is 6.75. The highest BCUT2D eigenvalue weighted by Gasteiger charge is 2.30. The molecule has 2 amide bonds. The molecule has 1 aliphatic rings. The van der Waals surface area contributed by atoms with Gasteiger partial charge in [-0.2, -0.15) is 0 Å². The van der Waals surface area contributed by atoms with Gasteiger partial charge in [0.2, 0.25) is 0 Å². The molecule has 6 nitrogen and oxygen atoms in total. The third-order valence-electron chi connectivity index (χ3n) is 3.55. The molecule has 0 aromatic carbocycles. The number of hydrogen-bond acceptors (Lipinski definition) is 3. The van der Waals surface area contributed by atoms with E-state index in [2.05, 4.69) is 17.2 Å². The van der Waals surface area contributed by atoms with Crippen LogP contribution in [0.2, 0.25) is 0 Å². The Morgan fingerprint density at radius 3 is 2.57 bits per heavy atom. The number of urea groups is 1. The topological polar surface area (TPSA) is 87.7 Å². The van der Waals surface area contributed by atoms with Gasteiger partial charge in [0.05, 0.1) is 13.2 Å². The summed E-state index contributed by atoms with van der Waals surface area (Å²) in [6, 6.07) is -1.26. The second kappa shape index (κ2) is 9.39. The summed E-state index contributed by atoms with van der Waals surface area (Å²) < 4.78 is 5.26. The van der Waals surface area contributed by atoms with Crippen molar-refractivity contribution in [2.75, 3.05) is 19.8 Å². The van der Waals surface area contributed by atoms with Crippen molar-refractivity contribution in [3.05, 3.63) is 12.2 Å². The number of carbonyl (C=O) groups is 2. The number of hydrogen-bond donors (Lipinski definition) is 3. The summed E-state index contributed by atoms with van der Waals surface area (Å²) in [5.74, 6) is -0.933. The molecule has 1 rings (SSSR count). The quantitative estimate of drug-likeness (QED) is 0.472.